The van der Waals surface area contributed by atoms with E-state index >= 15 is 0 Å². The van der Waals surface area contributed by atoms with E-state index in [0.717, 1.165) is 16.8 Å². The highest BCUT2D eigenvalue weighted by molar-refractivity contribution is 6.30. The molecule has 5 aromatic rings. The lowest BCUT2D eigenvalue weighted by Crippen LogP contribution is -2.16. The zero-order chi connectivity index (χ0) is 27.9. The van der Waals surface area contributed by atoms with Crippen LogP contribution in [0.15, 0.2) is 107 Å². The summed E-state index contributed by atoms with van der Waals surface area (Å²) < 4.78 is 19.5. The first-order valence-electron chi connectivity index (χ1n) is 12.7. The summed E-state index contributed by atoms with van der Waals surface area (Å²) in [6.45, 7) is 4.76. The van der Waals surface area contributed by atoms with E-state index in [-0.39, 0.29) is 12.4 Å². The number of halogens is 1. The zero-order valence-corrected chi connectivity index (χ0v) is 22.9. The molecule has 0 aliphatic heterocycles. The van der Waals surface area contributed by atoms with Crippen LogP contribution in [0.3, 0.4) is 0 Å². The molecule has 0 spiro atoms. The van der Waals surface area contributed by atoms with Crippen molar-refractivity contribution < 1.29 is 18.7 Å². The topological polar surface area (TPSA) is 78.0 Å². The number of benzene rings is 3. The van der Waals surface area contributed by atoms with Gasteiger partial charge < -0.3 is 18.5 Å². The lowest BCUT2D eigenvalue weighted by Gasteiger charge is -2.10. The van der Waals surface area contributed by atoms with Crippen LogP contribution in [0.5, 0.6) is 11.5 Å². The van der Waals surface area contributed by atoms with Gasteiger partial charge in [0.1, 0.15) is 30.5 Å². The van der Waals surface area contributed by atoms with Gasteiger partial charge in [-0.3, -0.25) is 4.79 Å². The highest BCUT2D eigenvalue weighted by atomic mass is 35.5. The molecular formula is C32H28ClN3O4. The molecular weight excluding hydrogens is 526 g/mol. The second kappa shape index (κ2) is 12.4. The summed E-state index contributed by atoms with van der Waals surface area (Å²) in [6.07, 6.45) is 1.54. The second-order valence-electron chi connectivity index (χ2n) is 9.19. The van der Waals surface area contributed by atoms with Crippen LogP contribution in [0.2, 0.25) is 5.02 Å². The molecule has 0 saturated heterocycles. The highest BCUT2D eigenvalue weighted by Crippen LogP contribution is 2.21. The first-order chi connectivity index (χ1) is 19.4. The Morgan fingerprint density at radius 2 is 1.60 bits per heavy atom. The van der Waals surface area contributed by atoms with Crippen molar-refractivity contribution >= 4 is 23.7 Å². The number of nitrogens with one attached hydrogen (secondary N) is 1. The van der Waals surface area contributed by atoms with Crippen molar-refractivity contribution in [3.05, 3.63) is 136 Å². The molecule has 1 amide bonds. The fourth-order valence-electron chi connectivity index (χ4n) is 4.15. The van der Waals surface area contributed by atoms with E-state index in [0.29, 0.717) is 28.9 Å². The fraction of sp³-hybridized carbons (Fsp3) is 0.125. The predicted octanol–water partition coefficient (Wildman–Crippen LogP) is 7.26. The van der Waals surface area contributed by atoms with Crippen LogP contribution in [-0.4, -0.2) is 16.7 Å². The third-order valence-electron chi connectivity index (χ3n) is 6.19. The Labute approximate surface area is 237 Å². The monoisotopic (exact) mass is 553 g/mol. The van der Waals surface area contributed by atoms with Gasteiger partial charge in [0.05, 0.1) is 6.21 Å². The van der Waals surface area contributed by atoms with Crippen LogP contribution in [0, 0.1) is 13.8 Å². The number of nitrogens with zero attached hydrogens (tertiary/aromatic N) is 2. The van der Waals surface area contributed by atoms with Crippen molar-refractivity contribution in [1.29, 1.82) is 0 Å². The largest absolute Gasteiger partial charge is 0.489 e. The molecule has 0 radical (unpaired) electrons. The van der Waals surface area contributed by atoms with Crippen LogP contribution in [-0.2, 0) is 13.2 Å². The van der Waals surface area contributed by atoms with Gasteiger partial charge in [0, 0.05) is 22.1 Å². The number of amides is 1. The third-order valence-corrected chi connectivity index (χ3v) is 6.44. The summed E-state index contributed by atoms with van der Waals surface area (Å²) in [7, 11) is 0. The summed E-state index contributed by atoms with van der Waals surface area (Å²) in [5.41, 5.74) is 7.68. The molecule has 2 heterocycles. The molecule has 0 aliphatic rings. The van der Waals surface area contributed by atoms with E-state index in [1.165, 1.54) is 11.4 Å². The molecule has 5 rings (SSSR count). The normalized spacial score (nSPS) is 11.1. The van der Waals surface area contributed by atoms with E-state index in [2.05, 4.69) is 41.1 Å². The van der Waals surface area contributed by atoms with Gasteiger partial charge in [0.2, 0.25) is 0 Å². The van der Waals surface area contributed by atoms with Crippen LogP contribution < -0.4 is 14.9 Å². The van der Waals surface area contributed by atoms with Gasteiger partial charge in [-0.2, -0.15) is 5.10 Å². The van der Waals surface area contributed by atoms with Crippen LogP contribution >= 0.6 is 11.6 Å². The molecule has 7 nitrogen and oxygen atoms in total. The first kappa shape index (κ1) is 26.8. The molecule has 0 atom stereocenters. The van der Waals surface area contributed by atoms with Crippen LogP contribution in [0.4, 0.5) is 0 Å². The minimum atomic E-state index is -0.459. The molecule has 0 bridgehead atoms. The Morgan fingerprint density at radius 3 is 2.35 bits per heavy atom. The van der Waals surface area contributed by atoms with Gasteiger partial charge in [-0.05, 0) is 97.8 Å². The third kappa shape index (κ3) is 6.81. The predicted molar refractivity (Wildman–Crippen MR) is 156 cm³/mol. The van der Waals surface area contributed by atoms with Crippen molar-refractivity contribution in [2.45, 2.75) is 27.1 Å². The van der Waals surface area contributed by atoms with E-state index in [4.69, 9.17) is 25.5 Å². The summed E-state index contributed by atoms with van der Waals surface area (Å²) >= 11 is 5.93. The zero-order valence-electron chi connectivity index (χ0n) is 22.1. The minimum Gasteiger partial charge on any atom is -0.489 e. The van der Waals surface area contributed by atoms with E-state index in [1.54, 1.807) is 18.3 Å². The smallest absolute Gasteiger partial charge is 0.307 e. The lowest BCUT2D eigenvalue weighted by molar-refractivity contribution is 0.0923. The first-order valence-corrected chi connectivity index (χ1v) is 13.1. The van der Waals surface area contributed by atoms with Gasteiger partial charge in [-0.15, -0.1) is 0 Å². The average molecular weight is 554 g/mol. The molecule has 2 aromatic heterocycles. The molecule has 202 valence electrons. The molecule has 0 saturated carbocycles. The Morgan fingerprint density at radius 1 is 0.875 bits per heavy atom. The number of carbonyl (C=O) groups is 1. The quantitative estimate of drug-likeness (QED) is 0.146. The van der Waals surface area contributed by atoms with Gasteiger partial charge >= 0.3 is 5.91 Å². The van der Waals surface area contributed by atoms with E-state index < -0.39 is 5.91 Å². The van der Waals surface area contributed by atoms with E-state index in [9.17, 15) is 4.79 Å². The number of furan rings is 1. The van der Waals surface area contributed by atoms with Crippen molar-refractivity contribution in [2.24, 2.45) is 5.10 Å². The summed E-state index contributed by atoms with van der Waals surface area (Å²) in [5, 5.41) is 4.73. The number of aryl methyl sites for hydroxylation is 2. The maximum atomic E-state index is 12.5. The SMILES string of the molecule is Cc1ccc(C)n1-c1ccc(OCc2ccc(C(=O)N/N=C/c3cccc(OCc4ccc(Cl)cc4)c3)o2)cc1. The molecule has 0 fully saturated rings. The van der Waals surface area contributed by atoms with Gasteiger partial charge in [-0.25, -0.2) is 5.43 Å². The molecule has 3 aromatic carbocycles. The summed E-state index contributed by atoms with van der Waals surface area (Å²) in [4.78, 5) is 12.5. The summed E-state index contributed by atoms with van der Waals surface area (Å²) in [5.74, 6) is 1.60. The molecule has 8 heteroatoms. The maximum Gasteiger partial charge on any atom is 0.307 e. The standard InChI is InChI=1S/C32H28ClN3O4/c1-22-6-7-23(2)36(22)27-12-14-28(15-13-27)39-21-30-16-17-31(40-30)32(37)35-34-19-25-4-3-5-29(18-25)38-20-24-8-10-26(33)11-9-24/h3-19H,20-21H2,1-2H3,(H,35,37)/b34-19+. The van der Waals surface area contributed by atoms with Gasteiger partial charge in [-0.1, -0.05) is 35.9 Å². The Kier molecular flexibility index (Phi) is 8.32. The Balaban J connectivity index is 1.10. The number of ether oxygens (including phenoxy) is 2. The van der Waals surface area contributed by atoms with Gasteiger partial charge in [0.15, 0.2) is 5.76 Å². The van der Waals surface area contributed by atoms with Crippen molar-refractivity contribution in [1.82, 2.24) is 9.99 Å². The van der Waals surface area contributed by atoms with Crippen molar-refractivity contribution in [2.75, 3.05) is 0 Å². The number of hydrazone groups is 1. The van der Waals surface area contributed by atoms with Crippen molar-refractivity contribution in [3.63, 3.8) is 0 Å². The van der Waals surface area contributed by atoms with E-state index in [1.807, 2.05) is 72.8 Å². The Bertz CT molecular complexity index is 1600. The molecule has 1 N–H and O–H groups in total. The number of rotatable bonds is 10. The fourth-order valence-corrected chi connectivity index (χ4v) is 4.28. The maximum absolute atomic E-state index is 12.5. The van der Waals surface area contributed by atoms with Crippen molar-refractivity contribution in [3.8, 4) is 17.2 Å². The molecule has 0 aliphatic carbocycles. The van der Waals surface area contributed by atoms with Crippen LogP contribution in [0.25, 0.3) is 5.69 Å². The average Bonchev–Trinajstić information content (AvgIpc) is 3.58. The molecule has 0 unspecified atom stereocenters. The minimum absolute atomic E-state index is 0.143. The number of hydrogen-bond acceptors (Lipinski definition) is 5. The highest BCUT2D eigenvalue weighted by Gasteiger charge is 2.11. The summed E-state index contributed by atoms with van der Waals surface area (Å²) in [6, 6.07) is 30.2. The van der Waals surface area contributed by atoms with Crippen LogP contribution in [0.1, 0.15) is 38.8 Å². The lowest BCUT2D eigenvalue weighted by atomic mass is 10.2. The Hall–Kier alpha value is -4.75. The molecule has 40 heavy (non-hydrogen) atoms. The number of aromatic nitrogens is 1. The second-order valence-corrected chi connectivity index (χ2v) is 9.62. The van der Waals surface area contributed by atoms with Gasteiger partial charge in [0.25, 0.3) is 0 Å². The number of hydrogen-bond donors (Lipinski definition) is 1. The number of carbonyl (C=O) groups excluding carboxylic acids is 1.